The minimum absolute atomic E-state index is 0.133. The summed E-state index contributed by atoms with van der Waals surface area (Å²) in [4.78, 5) is 33.5. The molecule has 0 saturated carbocycles. The Hall–Kier alpha value is -0.0000000000000000416. The van der Waals surface area contributed by atoms with E-state index in [9.17, 15) is 9.13 Å². The van der Waals surface area contributed by atoms with Crippen LogP contribution in [0.3, 0.4) is 0 Å². The highest BCUT2D eigenvalue weighted by Gasteiger charge is 2.57. The summed E-state index contributed by atoms with van der Waals surface area (Å²) in [5.41, 5.74) is 0. The average Bonchev–Trinajstić information content (AvgIpc) is 1.81. The van der Waals surface area contributed by atoms with E-state index in [1.165, 1.54) is 0 Å². The zero-order valence-electron chi connectivity index (χ0n) is 5.73. The molecule has 0 aromatic heterocycles. The normalized spacial score (nSPS) is 14.4. The Morgan fingerprint density at radius 3 is 1.33 bits per heavy atom. The lowest BCUT2D eigenvalue weighted by Crippen LogP contribution is -2.25. The van der Waals surface area contributed by atoms with Crippen molar-refractivity contribution in [3.05, 3.63) is 12.7 Å². The van der Waals surface area contributed by atoms with Gasteiger partial charge in [-0.05, 0) is 6.08 Å². The molecule has 0 atom stereocenters. The first-order chi connectivity index (χ1) is 5.06. The third kappa shape index (κ3) is 1.84. The van der Waals surface area contributed by atoms with E-state index in [0.29, 0.717) is 0 Å². The van der Waals surface area contributed by atoms with Crippen molar-refractivity contribution < 1.29 is 33.8 Å². The molecule has 0 fully saturated rings. The molecule has 0 saturated heterocycles. The molecule has 0 bridgehead atoms. The lowest BCUT2D eigenvalue weighted by Gasteiger charge is -2.25. The minimum Gasteiger partial charge on any atom is -0.364 e. The highest BCUT2D eigenvalue weighted by Crippen LogP contribution is 2.67. The van der Waals surface area contributed by atoms with E-state index in [1.54, 1.807) is 0 Å². The molecule has 72 valence electrons. The second kappa shape index (κ2) is 3.05. The number of rotatable bonds is 3. The molecular weight excluding hydrogens is 210 g/mol. The summed E-state index contributed by atoms with van der Waals surface area (Å²) in [6, 6.07) is 0. The van der Waals surface area contributed by atoms with Crippen molar-refractivity contribution in [3.8, 4) is 0 Å². The third-order valence-corrected chi connectivity index (χ3v) is 4.77. The van der Waals surface area contributed by atoms with Crippen molar-refractivity contribution in [3.63, 3.8) is 0 Å². The van der Waals surface area contributed by atoms with Gasteiger partial charge in [0.1, 0.15) is 0 Å². The standard InChI is InChI=1S/C3H8O7P2/c1-2-3(4,11(5,6)7)12(8,9)10/h2,4H,1H2,(H2,5,6,7)(H2,8,9,10). The van der Waals surface area contributed by atoms with E-state index in [2.05, 4.69) is 6.58 Å². The number of aliphatic hydroxyl groups is 1. The van der Waals surface area contributed by atoms with Gasteiger partial charge in [-0.3, -0.25) is 9.13 Å². The zero-order valence-corrected chi connectivity index (χ0v) is 7.52. The quantitative estimate of drug-likeness (QED) is 0.308. The number of hydrogen-bond acceptors (Lipinski definition) is 3. The van der Waals surface area contributed by atoms with Crippen molar-refractivity contribution in [2.45, 2.75) is 5.08 Å². The summed E-state index contributed by atoms with van der Waals surface area (Å²) in [6.45, 7) is 2.73. The van der Waals surface area contributed by atoms with Gasteiger partial charge in [0.25, 0.3) is 5.08 Å². The van der Waals surface area contributed by atoms with Crippen molar-refractivity contribution in [2.75, 3.05) is 0 Å². The Balaban J connectivity index is 5.40. The molecule has 9 heteroatoms. The van der Waals surface area contributed by atoms with Gasteiger partial charge in [-0.25, -0.2) is 0 Å². The highest BCUT2D eigenvalue weighted by atomic mass is 31.2. The van der Waals surface area contributed by atoms with Gasteiger partial charge in [0.15, 0.2) is 0 Å². The summed E-state index contributed by atoms with van der Waals surface area (Å²) >= 11 is 0. The lowest BCUT2D eigenvalue weighted by molar-refractivity contribution is 0.168. The molecule has 0 heterocycles. The summed E-state index contributed by atoms with van der Waals surface area (Å²) < 4.78 is 20.8. The van der Waals surface area contributed by atoms with E-state index < -0.39 is 20.3 Å². The largest absolute Gasteiger partial charge is 0.373 e. The average molecular weight is 218 g/mol. The molecule has 0 rings (SSSR count). The van der Waals surface area contributed by atoms with Gasteiger partial charge in [-0.1, -0.05) is 6.58 Å². The third-order valence-electron chi connectivity index (χ3n) is 1.13. The molecule has 0 aliphatic heterocycles. The summed E-state index contributed by atoms with van der Waals surface area (Å²) in [6.07, 6.45) is 0.133. The molecule has 0 unspecified atom stereocenters. The molecule has 0 aliphatic carbocycles. The molecular formula is C3H8O7P2. The summed E-state index contributed by atoms with van der Waals surface area (Å²) in [7, 11) is -10.7. The van der Waals surface area contributed by atoms with E-state index in [-0.39, 0.29) is 6.08 Å². The second-order valence-corrected chi connectivity index (χ2v) is 5.87. The first kappa shape index (κ1) is 12.0. The van der Waals surface area contributed by atoms with Crippen LogP contribution in [0.2, 0.25) is 0 Å². The molecule has 5 N–H and O–H groups in total. The van der Waals surface area contributed by atoms with Crippen LogP contribution in [-0.2, 0) is 9.13 Å². The first-order valence-corrected chi connectivity index (χ1v) is 5.76. The van der Waals surface area contributed by atoms with Crippen molar-refractivity contribution in [1.82, 2.24) is 0 Å². The molecule has 7 nitrogen and oxygen atoms in total. The lowest BCUT2D eigenvalue weighted by atomic mass is 10.7. The van der Waals surface area contributed by atoms with Crippen LogP contribution in [0.15, 0.2) is 12.7 Å². The SMILES string of the molecule is C=CC(O)(P(=O)(O)O)P(=O)(O)O. The van der Waals surface area contributed by atoms with Gasteiger partial charge in [0.05, 0.1) is 0 Å². The molecule has 0 aliphatic rings. The Bertz CT molecular complexity index is 248. The van der Waals surface area contributed by atoms with Crippen LogP contribution in [0.4, 0.5) is 0 Å². The number of hydrogen-bond donors (Lipinski definition) is 5. The maximum atomic E-state index is 10.4. The predicted octanol–water partition coefficient (Wildman–Crippen LogP) is -0.826. The van der Waals surface area contributed by atoms with E-state index >= 15 is 0 Å². The van der Waals surface area contributed by atoms with Crippen LogP contribution in [0.1, 0.15) is 0 Å². The first-order valence-electron chi connectivity index (χ1n) is 2.53. The van der Waals surface area contributed by atoms with Crippen molar-refractivity contribution in [2.24, 2.45) is 0 Å². The van der Waals surface area contributed by atoms with Crippen molar-refractivity contribution >= 4 is 15.2 Å². The molecule has 12 heavy (non-hydrogen) atoms. The summed E-state index contributed by atoms with van der Waals surface area (Å²) in [5.74, 6) is 0. The van der Waals surface area contributed by atoms with Gasteiger partial charge < -0.3 is 24.7 Å². The van der Waals surface area contributed by atoms with Gasteiger partial charge >= 0.3 is 15.2 Å². The highest BCUT2D eigenvalue weighted by molar-refractivity contribution is 7.72. The van der Waals surface area contributed by atoms with Crippen LogP contribution in [0.5, 0.6) is 0 Å². The fourth-order valence-corrected chi connectivity index (χ4v) is 2.24. The smallest absolute Gasteiger partial charge is 0.364 e. The van der Waals surface area contributed by atoms with Gasteiger partial charge in [0.2, 0.25) is 0 Å². The van der Waals surface area contributed by atoms with Crippen LogP contribution in [-0.4, -0.2) is 29.8 Å². The Labute approximate surface area is 67.7 Å². The van der Waals surface area contributed by atoms with Gasteiger partial charge in [0, 0.05) is 0 Å². The molecule has 0 aromatic rings. The van der Waals surface area contributed by atoms with Crippen LogP contribution in [0, 0.1) is 0 Å². The second-order valence-electron chi connectivity index (χ2n) is 1.98. The van der Waals surface area contributed by atoms with Crippen LogP contribution in [0.25, 0.3) is 0 Å². The Morgan fingerprint density at radius 1 is 1.08 bits per heavy atom. The minimum atomic E-state index is -5.33. The van der Waals surface area contributed by atoms with E-state index in [1.807, 2.05) is 0 Å². The fraction of sp³-hybridized carbons (Fsp3) is 0.333. The van der Waals surface area contributed by atoms with Crippen molar-refractivity contribution in [1.29, 1.82) is 0 Å². The molecule has 0 radical (unpaired) electrons. The predicted molar refractivity (Wildman–Crippen MR) is 39.2 cm³/mol. The Morgan fingerprint density at radius 2 is 1.33 bits per heavy atom. The fourth-order valence-electron chi connectivity index (χ4n) is 0.408. The molecule has 0 amide bonds. The zero-order chi connectivity index (χ0) is 10.2. The van der Waals surface area contributed by atoms with Gasteiger partial charge in [-0.15, -0.1) is 0 Å². The topological polar surface area (TPSA) is 135 Å². The van der Waals surface area contributed by atoms with E-state index in [4.69, 9.17) is 24.7 Å². The monoisotopic (exact) mass is 218 g/mol. The maximum Gasteiger partial charge on any atom is 0.373 e. The van der Waals surface area contributed by atoms with Crippen LogP contribution >= 0.6 is 15.2 Å². The molecule has 0 spiro atoms. The molecule has 0 aromatic carbocycles. The van der Waals surface area contributed by atoms with Crippen LogP contribution < -0.4 is 0 Å². The van der Waals surface area contributed by atoms with E-state index in [0.717, 1.165) is 0 Å². The Kier molecular flexibility index (Phi) is 3.05. The summed E-state index contributed by atoms with van der Waals surface area (Å²) in [5, 5.41) is 5.36. The van der Waals surface area contributed by atoms with Gasteiger partial charge in [-0.2, -0.15) is 0 Å². The maximum absolute atomic E-state index is 10.4.